The van der Waals surface area contributed by atoms with Crippen LogP contribution < -0.4 is 10.6 Å². The van der Waals surface area contributed by atoms with E-state index in [0.29, 0.717) is 23.1 Å². The highest BCUT2D eigenvalue weighted by Gasteiger charge is 2.21. The van der Waals surface area contributed by atoms with Crippen LogP contribution in [0.25, 0.3) is 5.65 Å². The zero-order valence-electron chi connectivity index (χ0n) is 11.0. The highest BCUT2D eigenvalue weighted by molar-refractivity contribution is 5.81. The first-order chi connectivity index (χ1) is 9.78. The molecular formula is C14H15N5O. The van der Waals surface area contributed by atoms with Gasteiger partial charge in [0, 0.05) is 12.7 Å². The molecule has 102 valence electrons. The van der Waals surface area contributed by atoms with E-state index >= 15 is 0 Å². The number of anilines is 1. The number of carbonyl (C=O) groups is 1. The molecule has 0 spiro atoms. The Morgan fingerprint density at radius 3 is 3.10 bits per heavy atom. The molecule has 0 radical (unpaired) electrons. The van der Waals surface area contributed by atoms with Crippen molar-refractivity contribution >= 4 is 17.4 Å². The minimum absolute atomic E-state index is 0.0714. The van der Waals surface area contributed by atoms with Gasteiger partial charge in [-0.3, -0.25) is 9.20 Å². The molecule has 2 aromatic heterocycles. The van der Waals surface area contributed by atoms with E-state index in [1.807, 2.05) is 18.2 Å². The summed E-state index contributed by atoms with van der Waals surface area (Å²) in [6.07, 6.45) is 4.19. The van der Waals surface area contributed by atoms with Crippen LogP contribution in [-0.2, 0) is 4.79 Å². The molecule has 0 atom stereocenters. The van der Waals surface area contributed by atoms with Crippen molar-refractivity contribution in [1.82, 2.24) is 14.7 Å². The highest BCUT2D eigenvalue weighted by Crippen LogP contribution is 2.27. The van der Waals surface area contributed by atoms with Gasteiger partial charge in [-0.1, -0.05) is 6.07 Å². The molecule has 2 N–H and O–H groups in total. The second kappa shape index (κ2) is 5.21. The summed E-state index contributed by atoms with van der Waals surface area (Å²) in [5.41, 5.74) is 1.10. The van der Waals surface area contributed by atoms with Crippen LogP contribution in [0.5, 0.6) is 0 Å². The quantitative estimate of drug-likeness (QED) is 0.853. The van der Waals surface area contributed by atoms with Gasteiger partial charge in [-0.15, -0.1) is 0 Å². The zero-order valence-corrected chi connectivity index (χ0v) is 11.0. The van der Waals surface area contributed by atoms with Gasteiger partial charge in [-0.05, 0) is 30.9 Å². The topological polar surface area (TPSA) is 82.2 Å². The zero-order chi connectivity index (χ0) is 13.9. The Morgan fingerprint density at radius 1 is 1.50 bits per heavy atom. The Labute approximate surface area is 116 Å². The average Bonchev–Trinajstić information content (AvgIpc) is 3.22. The molecule has 20 heavy (non-hydrogen) atoms. The third-order valence-corrected chi connectivity index (χ3v) is 3.34. The Bertz CT molecular complexity index is 680. The molecule has 0 unspecified atom stereocenters. The van der Waals surface area contributed by atoms with E-state index in [4.69, 9.17) is 0 Å². The minimum Gasteiger partial charge on any atom is -0.359 e. The first kappa shape index (κ1) is 12.5. The number of carbonyl (C=O) groups excluding carboxylic acids is 1. The van der Waals surface area contributed by atoms with Crippen molar-refractivity contribution in [3.8, 4) is 6.07 Å². The Morgan fingerprint density at radius 2 is 2.35 bits per heavy atom. The van der Waals surface area contributed by atoms with Crippen molar-refractivity contribution in [3.05, 3.63) is 30.1 Å². The average molecular weight is 269 g/mol. The van der Waals surface area contributed by atoms with Crippen molar-refractivity contribution in [1.29, 1.82) is 5.26 Å². The lowest BCUT2D eigenvalue weighted by Crippen LogP contribution is -2.31. The number of imidazole rings is 1. The number of aromatic nitrogens is 2. The van der Waals surface area contributed by atoms with Crippen LogP contribution in [0.15, 0.2) is 24.4 Å². The number of fused-ring (bicyclic) bond motifs is 1. The van der Waals surface area contributed by atoms with Crippen molar-refractivity contribution in [3.63, 3.8) is 0 Å². The maximum atomic E-state index is 11.7. The van der Waals surface area contributed by atoms with Crippen LogP contribution in [0, 0.1) is 17.2 Å². The van der Waals surface area contributed by atoms with Crippen molar-refractivity contribution < 1.29 is 4.79 Å². The largest absolute Gasteiger partial charge is 0.359 e. The number of nitrogens with one attached hydrogen (secondary N) is 2. The maximum Gasteiger partial charge on any atom is 0.239 e. The number of nitriles is 1. The molecule has 1 amide bonds. The Hall–Kier alpha value is -2.55. The van der Waals surface area contributed by atoms with Crippen LogP contribution in [0.1, 0.15) is 18.5 Å². The molecule has 0 aliphatic heterocycles. The number of nitrogens with zero attached hydrogens (tertiary/aromatic N) is 3. The summed E-state index contributed by atoms with van der Waals surface area (Å²) in [5.74, 6) is 1.03. The molecular weight excluding hydrogens is 254 g/mol. The first-order valence-corrected chi connectivity index (χ1v) is 6.65. The van der Waals surface area contributed by atoms with E-state index < -0.39 is 0 Å². The van der Waals surface area contributed by atoms with Crippen LogP contribution in [0.2, 0.25) is 0 Å². The Balaban J connectivity index is 1.67. The lowest BCUT2D eigenvalue weighted by atomic mass is 10.4. The van der Waals surface area contributed by atoms with Crippen molar-refractivity contribution in [2.24, 2.45) is 5.92 Å². The summed E-state index contributed by atoms with van der Waals surface area (Å²) in [5, 5.41) is 15.0. The third-order valence-electron chi connectivity index (χ3n) is 3.34. The normalized spacial score (nSPS) is 13.9. The van der Waals surface area contributed by atoms with Crippen molar-refractivity contribution in [2.75, 3.05) is 18.4 Å². The predicted octanol–water partition coefficient (Wildman–Crippen LogP) is 1.14. The highest BCUT2D eigenvalue weighted by atomic mass is 16.1. The fourth-order valence-corrected chi connectivity index (χ4v) is 2.03. The second-order valence-electron chi connectivity index (χ2n) is 4.95. The van der Waals surface area contributed by atoms with Crippen LogP contribution in [0.4, 0.5) is 5.82 Å². The van der Waals surface area contributed by atoms with E-state index in [9.17, 15) is 10.1 Å². The summed E-state index contributed by atoms with van der Waals surface area (Å²) in [6.45, 7) is 0.877. The number of rotatable bonds is 5. The van der Waals surface area contributed by atoms with Crippen LogP contribution in [0.3, 0.4) is 0 Å². The standard InChI is InChI=1S/C14H15N5O/c15-7-11-14(18-12-3-1-2-6-19(11)12)17-9-13(20)16-8-10-4-5-10/h1-3,6,10,17H,4-5,8-9H2,(H,16,20). The van der Waals surface area contributed by atoms with Gasteiger partial charge < -0.3 is 10.6 Å². The fourth-order valence-electron chi connectivity index (χ4n) is 2.03. The molecule has 0 aromatic carbocycles. The lowest BCUT2D eigenvalue weighted by molar-refractivity contribution is -0.119. The molecule has 1 fully saturated rings. The summed E-state index contributed by atoms with van der Waals surface area (Å²) < 4.78 is 1.70. The number of hydrogen-bond acceptors (Lipinski definition) is 4. The molecule has 6 heteroatoms. The smallest absolute Gasteiger partial charge is 0.239 e. The summed E-state index contributed by atoms with van der Waals surface area (Å²) in [6, 6.07) is 7.62. The van der Waals surface area contributed by atoms with Gasteiger partial charge in [0.15, 0.2) is 11.5 Å². The van der Waals surface area contributed by atoms with E-state index in [0.717, 1.165) is 6.54 Å². The molecule has 1 aliphatic rings. The van der Waals surface area contributed by atoms with Crippen molar-refractivity contribution in [2.45, 2.75) is 12.8 Å². The molecule has 2 aromatic rings. The van der Waals surface area contributed by atoms with Gasteiger partial charge in [-0.2, -0.15) is 5.26 Å². The molecule has 1 saturated carbocycles. The SMILES string of the molecule is N#Cc1c(NCC(=O)NCC2CC2)nc2ccccn12. The number of amides is 1. The van der Waals surface area contributed by atoms with Gasteiger partial charge in [-0.25, -0.2) is 4.98 Å². The van der Waals surface area contributed by atoms with Crippen LogP contribution >= 0.6 is 0 Å². The van der Waals surface area contributed by atoms with Crippen LogP contribution in [-0.4, -0.2) is 28.4 Å². The lowest BCUT2D eigenvalue weighted by Gasteiger charge is -2.05. The Kier molecular flexibility index (Phi) is 3.25. The maximum absolute atomic E-state index is 11.7. The van der Waals surface area contributed by atoms with E-state index in [-0.39, 0.29) is 12.5 Å². The number of hydrogen-bond donors (Lipinski definition) is 2. The minimum atomic E-state index is -0.0714. The second-order valence-corrected chi connectivity index (χ2v) is 4.95. The first-order valence-electron chi connectivity index (χ1n) is 6.65. The molecule has 1 aliphatic carbocycles. The predicted molar refractivity (Wildman–Crippen MR) is 74.1 cm³/mol. The van der Waals surface area contributed by atoms with E-state index in [2.05, 4.69) is 21.7 Å². The van der Waals surface area contributed by atoms with Gasteiger partial charge >= 0.3 is 0 Å². The number of pyridine rings is 1. The molecule has 0 saturated heterocycles. The molecule has 3 rings (SSSR count). The summed E-state index contributed by atoms with van der Waals surface area (Å²) in [4.78, 5) is 16.0. The summed E-state index contributed by atoms with van der Waals surface area (Å²) >= 11 is 0. The van der Waals surface area contributed by atoms with E-state index in [1.165, 1.54) is 12.8 Å². The van der Waals surface area contributed by atoms with E-state index in [1.54, 1.807) is 10.6 Å². The van der Waals surface area contributed by atoms with Gasteiger partial charge in [0.1, 0.15) is 11.7 Å². The monoisotopic (exact) mass is 269 g/mol. The van der Waals surface area contributed by atoms with Gasteiger partial charge in [0.2, 0.25) is 5.91 Å². The van der Waals surface area contributed by atoms with Gasteiger partial charge in [0.25, 0.3) is 0 Å². The molecule has 0 bridgehead atoms. The fraction of sp³-hybridized carbons (Fsp3) is 0.357. The third kappa shape index (κ3) is 2.57. The molecule has 2 heterocycles. The summed E-state index contributed by atoms with van der Waals surface area (Å²) in [7, 11) is 0. The molecule has 6 nitrogen and oxygen atoms in total. The van der Waals surface area contributed by atoms with Gasteiger partial charge in [0.05, 0.1) is 6.54 Å².